The maximum atomic E-state index is 12.1. The number of hydrogen-bond donors (Lipinski definition) is 1. The van der Waals surface area contributed by atoms with Crippen LogP contribution >= 0.6 is 0 Å². The summed E-state index contributed by atoms with van der Waals surface area (Å²) in [7, 11) is -0.420. The lowest BCUT2D eigenvalue weighted by molar-refractivity contribution is -0.119. The fourth-order valence-corrected chi connectivity index (χ4v) is 3.51. The smallest absolute Gasteiger partial charge is 0.399 e. The molecule has 1 fully saturated rings. The predicted octanol–water partition coefficient (Wildman–Crippen LogP) is 4.31. The van der Waals surface area contributed by atoms with E-state index in [0.717, 1.165) is 34.3 Å². The van der Waals surface area contributed by atoms with Gasteiger partial charge in [-0.1, -0.05) is 19.9 Å². The molecule has 1 aromatic heterocycles. The second-order valence-electron chi connectivity index (χ2n) is 9.30. The van der Waals surface area contributed by atoms with Crippen LogP contribution in [0.3, 0.4) is 0 Å². The Kier molecular flexibility index (Phi) is 5.44. The number of aromatic nitrogens is 2. The van der Waals surface area contributed by atoms with Crippen molar-refractivity contribution in [3.05, 3.63) is 48.8 Å². The van der Waals surface area contributed by atoms with Crippen molar-refractivity contribution in [1.82, 2.24) is 9.55 Å². The van der Waals surface area contributed by atoms with E-state index in [4.69, 9.17) is 9.31 Å². The summed E-state index contributed by atoms with van der Waals surface area (Å²) in [5, 5.41) is 2.97. The second kappa shape index (κ2) is 7.81. The third-order valence-corrected chi connectivity index (χ3v) is 6.57. The predicted molar refractivity (Wildman–Crippen MR) is 125 cm³/mol. The van der Waals surface area contributed by atoms with Crippen molar-refractivity contribution in [3.63, 3.8) is 0 Å². The molecule has 1 amide bonds. The van der Waals surface area contributed by atoms with Gasteiger partial charge in [-0.2, -0.15) is 0 Å². The summed E-state index contributed by atoms with van der Waals surface area (Å²) in [4.78, 5) is 16.7. The SMILES string of the molecule is CCC(C)C(=O)Nc1ccc(-n2cnc3ccc(B4OC(C)(C)C(C)(C)O4)cc32)cc1. The minimum atomic E-state index is -0.420. The number of imidazole rings is 1. The van der Waals surface area contributed by atoms with E-state index < -0.39 is 7.12 Å². The average molecular weight is 419 g/mol. The number of rotatable bonds is 5. The van der Waals surface area contributed by atoms with Crippen molar-refractivity contribution in [2.75, 3.05) is 5.32 Å². The van der Waals surface area contributed by atoms with E-state index in [-0.39, 0.29) is 23.0 Å². The zero-order chi connectivity index (χ0) is 22.4. The lowest BCUT2D eigenvalue weighted by atomic mass is 9.79. The number of nitrogens with one attached hydrogen (secondary N) is 1. The largest absolute Gasteiger partial charge is 0.494 e. The first-order valence-corrected chi connectivity index (χ1v) is 10.9. The van der Waals surface area contributed by atoms with Gasteiger partial charge in [0.2, 0.25) is 5.91 Å². The lowest BCUT2D eigenvalue weighted by Gasteiger charge is -2.32. The van der Waals surface area contributed by atoms with Gasteiger partial charge < -0.3 is 14.6 Å². The van der Waals surface area contributed by atoms with Gasteiger partial charge in [0.25, 0.3) is 0 Å². The molecule has 0 radical (unpaired) electrons. The highest BCUT2D eigenvalue weighted by atomic mass is 16.7. The number of hydrogen-bond acceptors (Lipinski definition) is 4. The summed E-state index contributed by atoms with van der Waals surface area (Å²) in [6, 6.07) is 13.9. The lowest BCUT2D eigenvalue weighted by Crippen LogP contribution is -2.41. The topological polar surface area (TPSA) is 65.4 Å². The molecule has 31 heavy (non-hydrogen) atoms. The molecule has 2 aromatic carbocycles. The van der Waals surface area contributed by atoms with Crippen molar-refractivity contribution in [2.24, 2.45) is 5.92 Å². The number of amides is 1. The van der Waals surface area contributed by atoms with E-state index >= 15 is 0 Å². The van der Waals surface area contributed by atoms with Gasteiger partial charge in [0.15, 0.2) is 0 Å². The highest BCUT2D eigenvalue weighted by molar-refractivity contribution is 6.62. The molecule has 1 aliphatic rings. The first-order valence-electron chi connectivity index (χ1n) is 10.9. The van der Waals surface area contributed by atoms with Crippen LogP contribution in [0, 0.1) is 5.92 Å². The van der Waals surface area contributed by atoms with Crippen LogP contribution in [0.2, 0.25) is 0 Å². The minimum absolute atomic E-state index is 0.00864. The molecule has 1 N–H and O–H groups in total. The van der Waals surface area contributed by atoms with Crippen LogP contribution in [0.25, 0.3) is 16.7 Å². The Bertz CT molecular complexity index is 1090. The molecular weight excluding hydrogens is 389 g/mol. The van der Waals surface area contributed by atoms with Crippen LogP contribution < -0.4 is 10.8 Å². The molecule has 3 aromatic rings. The molecule has 2 heterocycles. The maximum absolute atomic E-state index is 12.1. The number of nitrogens with zero attached hydrogens (tertiary/aromatic N) is 2. The number of benzene rings is 2. The van der Waals surface area contributed by atoms with Crippen molar-refractivity contribution in [1.29, 1.82) is 0 Å². The molecule has 0 bridgehead atoms. The van der Waals surface area contributed by atoms with Gasteiger partial charge in [-0.15, -0.1) is 0 Å². The van der Waals surface area contributed by atoms with Crippen molar-refractivity contribution in [3.8, 4) is 5.69 Å². The summed E-state index contributed by atoms with van der Waals surface area (Å²) >= 11 is 0. The fourth-order valence-electron chi connectivity index (χ4n) is 3.51. The molecule has 0 aliphatic carbocycles. The molecule has 1 aliphatic heterocycles. The molecular formula is C24H30BN3O3. The van der Waals surface area contributed by atoms with Crippen molar-refractivity contribution < 1.29 is 14.1 Å². The highest BCUT2D eigenvalue weighted by Crippen LogP contribution is 2.36. The first-order chi connectivity index (χ1) is 14.6. The Morgan fingerprint density at radius 1 is 1.10 bits per heavy atom. The summed E-state index contributed by atoms with van der Waals surface area (Å²) in [6.45, 7) is 12.2. The summed E-state index contributed by atoms with van der Waals surface area (Å²) < 4.78 is 14.5. The first kappa shape index (κ1) is 21.6. The van der Waals surface area contributed by atoms with Crippen LogP contribution in [-0.4, -0.2) is 33.8 Å². The zero-order valence-corrected chi connectivity index (χ0v) is 19.1. The van der Waals surface area contributed by atoms with Crippen LogP contribution in [0.4, 0.5) is 5.69 Å². The van der Waals surface area contributed by atoms with E-state index in [1.54, 1.807) is 0 Å². The quantitative estimate of drug-likeness (QED) is 0.626. The standard InChI is InChI=1S/C24H30BN3O3/c1-7-16(2)22(29)27-18-9-11-19(12-10-18)28-15-26-20-13-8-17(14-21(20)28)25-30-23(3,4)24(5,6)31-25/h8-16H,7H2,1-6H3,(H,27,29). The molecule has 6 nitrogen and oxygen atoms in total. The Morgan fingerprint density at radius 3 is 2.35 bits per heavy atom. The van der Waals surface area contributed by atoms with E-state index in [9.17, 15) is 4.79 Å². The molecule has 1 atom stereocenters. The number of carbonyl (C=O) groups excluding carboxylic acids is 1. The Balaban J connectivity index is 1.61. The number of anilines is 1. The number of carbonyl (C=O) groups is 1. The van der Waals surface area contributed by atoms with Crippen LogP contribution in [0.5, 0.6) is 0 Å². The van der Waals surface area contributed by atoms with Crippen LogP contribution in [0.1, 0.15) is 48.0 Å². The monoisotopic (exact) mass is 419 g/mol. The number of fused-ring (bicyclic) bond motifs is 1. The molecule has 162 valence electrons. The van der Waals surface area contributed by atoms with Gasteiger partial charge in [0.1, 0.15) is 6.33 Å². The summed E-state index contributed by atoms with van der Waals surface area (Å²) in [6.07, 6.45) is 2.63. The van der Waals surface area contributed by atoms with Gasteiger partial charge in [0, 0.05) is 17.3 Å². The Morgan fingerprint density at radius 2 is 1.74 bits per heavy atom. The highest BCUT2D eigenvalue weighted by Gasteiger charge is 2.51. The van der Waals surface area contributed by atoms with Gasteiger partial charge in [0.05, 0.1) is 22.2 Å². The fraction of sp³-hybridized carbons (Fsp3) is 0.417. The van der Waals surface area contributed by atoms with Gasteiger partial charge in [-0.25, -0.2) is 4.98 Å². The van der Waals surface area contributed by atoms with Crippen LogP contribution in [-0.2, 0) is 14.1 Å². The molecule has 1 saturated heterocycles. The van der Waals surface area contributed by atoms with Crippen molar-refractivity contribution in [2.45, 2.75) is 59.2 Å². The molecule has 7 heteroatoms. The summed E-state index contributed by atoms with van der Waals surface area (Å²) in [5.74, 6) is 0.0288. The van der Waals surface area contributed by atoms with Crippen molar-refractivity contribution >= 4 is 35.2 Å². The van der Waals surface area contributed by atoms with E-state index in [0.29, 0.717) is 0 Å². The molecule has 0 spiro atoms. The van der Waals surface area contributed by atoms with Gasteiger partial charge in [-0.05, 0) is 76.0 Å². The Labute approximate surface area is 184 Å². The zero-order valence-electron chi connectivity index (χ0n) is 19.1. The van der Waals surface area contributed by atoms with Crippen LogP contribution in [0.15, 0.2) is 48.8 Å². The molecule has 1 unspecified atom stereocenters. The van der Waals surface area contributed by atoms with E-state index in [1.165, 1.54) is 0 Å². The normalized spacial score (nSPS) is 18.3. The summed E-state index contributed by atoms with van der Waals surface area (Å²) in [5.41, 5.74) is 3.82. The van der Waals surface area contributed by atoms with Gasteiger partial charge >= 0.3 is 7.12 Å². The average Bonchev–Trinajstić information content (AvgIpc) is 3.24. The molecule has 4 rings (SSSR count). The second-order valence-corrected chi connectivity index (χ2v) is 9.30. The minimum Gasteiger partial charge on any atom is -0.399 e. The van der Waals surface area contributed by atoms with E-state index in [1.807, 2.05) is 61.1 Å². The third kappa shape index (κ3) is 4.00. The van der Waals surface area contributed by atoms with Gasteiger partial charge in [-0.3, -0.25) is 9.36 Å². The van der Waals surface area contributed by atoms with E-state index in [2.05, 4.69) is 44.1 Å². The maximum Gasteiger partial charge on any atom is 0.494 e. The Hall–Kier alpha value is -2.64. The molecule has 0 saturated carbocycles. The third-order valence-electron chi connectivity index (χ3n) is 6.57.